The summed E-state index contributed by atoms with van der Waals surface area (Å²) in [6, 6.07) is 0. The standard InChI is InChI=1S/C10H10Cl2O6/c1-17-8-4(11)3(6(13)10(15)16)5(12)9(18-2)7(8)14/h6,13-14H,1-2H3,(H,15,16). The van der Waals surface area contributed by atoms with E-state index in [2.05, 4.69) is 0 Å². The monoisotopic (exact) mass is 296 g/mol. The zero-order valence-corrected chi connectivity index (χ0v) is 10.9. The van der Waals surface area contributed by atoms with Gasteiger partial charge in [0.25, 0.3) is 0 Å². The Kier molecular flexibility index (Phi) is 4.50. The van der Waals surface area contributed by atoms with Crippen molar-refractivity contribution in [3.8, 4) is 17.2 Å². The molecule has 1 unspecified atom stereocenters. The van der Waals surface area contributed by atoms with Crippen molar-refractivity contribution in [1.82, 2.24) is 0 Å². The second-order valence-corrected chi connectivity index (χ2v) is 3.95. The molecular weight excluding hydrogens is 287 g/mol. The minimum Gasteiger partial charge on any atom is -0.502 e. The normalized spacial score (nSPS) is 12.1. The van der Waals surface area contributed by atoms with Gasteiger partial charge >= 0.3 is 5.97 Å². The number of rotatable bonds is 4. The summed E-state index contributed by atoms with van der Waals surface area (Å²) in [6.07, 6.45) is -1.96. The van der Waals surface area contributed by atoms with Crippen molar-refractivity contribution in [3.63, 3.8) is 0 Å². The van der Waals surface area contributed by atoms with Crippen LogP contribution in [0.5, 0.6) is 17.2 Å². The number of aliphatic hydroxyl groups excluding tert-OH is 1. The second-order valence-electron chi connectivity index (χ2n) is 3.20. The van der Waals surface area contributed by atoms with Gasteiger partial charge in [-0.05, 0) is 0 Å². The highest BCUT2D eigenvalue weighted by molar-refractivity contribution is 6.38. The second kappa shape index (κ2) is 5.51. The lowest BCUT2D eigenvalue weighted by Crippen LogP contribution is -2.12. The Balaban J connectivity index is 3.65. The van der Waals surface area contributed by atoms with Gasteiger partial charge in [-0.25, -0.2) is 4.79 Å². The SMILES string of the molecule is COc1c(O)c(OC)c(Cl)c(C(O)C(=O)O)c1Cl. The van der Waals surface area contributed by atoms with Crippen molar-refractivity contribution >= 4 is 29.2 Å². The van der Waals surface area contributed by atoms with E-state index in [1.165, 1.54) is 14.2 Å². The molecule has 0 aliphatic carbocycles. The first-order valence-corrected chi connectivity index (χ1v) is 5.35. The maximum absolute atomic E-state index is 10.8. The van der Waals surface area contributed by atoms with Gasteiger partial charge in [-0.15, -0.1) is 0 Å². The first-order chi connectivity index (χ1) is 8.36. The zero-order valence-electron chi connectivity index (χ0n) is 9.40. The molecule has 0 aromatic heterocycles. The highest BCUT2D eigenvalue weighted by Gasteiger charge is 2.30. The molecule has 1 rings (SSSR count). The molecule has 0 fully saturated rings. The number of benzene rings is 1. The van der Waals surface area contributed by atoms with Gasteiger partial charge in [0.2, 0.25) is 5.75 Å². The summed E-state index contributed by atoms with van der Waals surface area (Å²) >= 11 is 11.7. The van der Waals surface area contributed by atoms with Crippen LogP contribution in [0.2, 0.25) is 10.0 Å². The van der Waals surface area contributed by atoms with E-state index in [9.17, 15) is 15.0 Å². The lowest BCUT2D eigenvalue weighted by molar-refractivity contribution is -0.146. The van der Waals surface area contributed by atoms with Crippen molar-refractivity contribution in [3.05, 3.63) is 15.6 Å². The molecule has 8 heteroatoms. The van der Waals surface area contributed by atoms with E-state index in [1.807, 2.05) is 0 Å². The van der Waals surface area contributed by atoms with Crippen LogP contribution in [0.4, 0.5) is 0 Å². The molecule has 100 valence electrons. The summed E-state index contributed by atoms with van der Waals surface area (Å²) in [6.45, 7) is 0. The number of aliphatic hydroxyl groups is 1. The smallest absolute Gasteiger partial charge is 0.337 e. The van der Waals surface area contributed by atoms with Gasteiger partial charge in [-0.3, -0.25) is 0 Å². The van der Waals surface area contributed by atoms with Crippen molar-refractivity contribution in [1.29, 1.82) is 0 Å². The van der Waals surface area contributed by atoms with Crippen LogP contribution in [-0.2, 0) is 4.79 Å². The molecule has 18 heavy (non-hydrogen) atoms. The molecule has 0 spiro atoms. The van der Waals surface area contributed by atoms with E-state index in [0.717, 1.165) is 0 Å². The van der Waals surface area contributed by atoms with E-state index in [4.69, 9.17) is 37.8 Å². The number of carbonyl (C=O) groups is 1. The molecule has 0 saturated heterocycles. The average Bonchev–Trinajstić information content (AvgIpc) is 2.29. The quantitative estimate of drug-likeness (QED) is 0.784. The summed E-state index contributed by atoms with van der Waals surface area (Å²) in [5.41, 5.74) is -0.308. The lowest BCUT2D eigenvalue weighted by Gasteiger charge is -2.17. The molecule has 1 atom stereocenters. The molecule has 0 heterocycles. The Morgan fingerprint density at radius 1 is 1.17 bits per heavy atom. The Labute approximate surface area is 112 Å². The van der Waals surface area contributed by atoms with Crippen LogP contribution in [-0.4, -0.2) is 35.5 Å². The summed E-state index contributed by atoms with van der Waals surface area (Å²) in [4.78, 5) is 10.8. The minimum atomic E-state index is -1.96. The predicted octanol–water partition coefficient (Wildman–Crippen LogP) is 1.83. The number of ether oxygens (including phenoxy) is 2. The molecule has 0 amide bonds. The number of methoxy groups -OCH3 is 2. The third kappa shape index (κ3) is 2.27. The summed E-state index contributed by atoms with van der Waals surface area (Å²) in [7, 11) is 2.43. The third-order valence-electron chi connectivity index (χ3n) is 2.22. The Morgan fingerprint density at radius 2 is 1.56 bits per heavy atom. The molecule has 1 aromatic carbocycles. The average molecular weight is 297 g/mol. The molecule has 0 aliphatic rings. The lowest BCUT2D eigenvalue weighted by atomic mass is 10.1. The van der Waals surface area contributed by atoms with E-state index in [1.54, 1.807) is 0 Å². The number of phenols is 1. The van der Waals surface area contributed by atoms with Gasteiger partial charge in [0.1, 0.15) is 0 Å². The van der Waals surface area contributed by atoms with Gasteiger partial charge in [0, 0.05) is 5.56 Å². The van der Waals surface area contributed by atoms with Gasteiger partial charge < -0.3 is 24.8 Å². The number of hydrogen-bond acceptors (Lipinski definition) is 5. The van der Waals surface area contributed by atoms with E-state index >= 15 is 0 Å². The molecule has 0 aliphatic heterocycles. The first-order valence-electron chi connectivity index (χ1n) is 4.59. The van der Waals surface area contributed by atoms with Crippen LogP contribution in [0.3, 0.4) is 0 Å². The Hall–Kier alpha value is -1.37. The minimum absolute atomic E-state index is 0.229. The van der Waals surface area contributed by atoms with Crippen LogP contribution in [0.15, 0.2) is 0 Å². The van der Waals surface area contributed by atoms with Crippen LogP contribution >= 0.6 is 23.2 Å². The number of phenolic OH excluding ortho intramolecular Hbond substituents is 1. The Morgan fingerprint density at radius 3 is 1.83 bits per heavy atom. The fourth-order valence-electron chi connectivity index (χ4n) is 1.39. The van der Waals surface area contributed by atoms with E-state index in [0.29, 0.717) is 0 Å². The molecule has 1 aromatic rings. The number of carboxylic acid groups (broad SMARTS) is 1. The number of carboxylic acids is 1. The number of hydrogen-bond donors (Lipinski definition) is 3. The number of aliphatic carboxylic acids is 1. The predicted molar refractivity (Wildman–Crippen MR) is 63.8 cm³/mol. The maximum atomic E-state index is 10.8. The topological polar surface area (TPSA) is 96.2 Å². The van der Waals surface area contributed by atoms with Gasteiger partial charge in [-0.2, -0.15) is 0 Å². The maximum Gasteiger partial charge on any atom is 0.337 e. The third-order valence-corrected chi connectivity index (χ3v) is 2.97. The van der Waals surface area contributed by atoms with Crippen molar-refractivity contribution in [2.24, 2.45) is 0 Å². The fraction of sp³-hybridized carbons (Fsp3) is 0.300. The van der Waals surface area contributed by atoms with Crippen LogP contribution in [0.1, 0.15) is 11.7 Å². The van der Waals surface area contributed by atoms with Gasteiger partial charge in [0.05, 0.1) is 24.3 Å². The summed E-state index contributed by atoms with van der Waals surface area (Å²) < 4.78 is 9.64. The van der Waals surface area contributed by atoms with Crippen LogP contribution < -0.4 is 9.47 Å². The molecule has 6 nitrogen and oxygen atoms in total. The zero-order chi connectivity index (χ0) is 14.0. The van der Waals surface area contributed by atoms with Crippen molar-refractivity contribution in [2.45, 2.75) is 6.10 Å². The van der Waals surface area contributed by atoms with Crippen LogP contribution in [0, 0.1) is 0 Å². The van der Waals surface area contributed by atoms with E-state index < -0.39 is 17.8 Å². The highest BCUT2D eigenvalue weighted by Crippen LogP contribution is 2.51. The van der Waals surface area contributed by atoms with Gasteiger partial charge in [-0.1, -0.05) is 23.2 Å². The molecular formula is C10H10Cl2O6. The summed E-state index contributed by atoms with van der Waals surface area (Å²) in [5.74, 6) is -2.48. The number of aromatic hydroxyl groups is 1. The van der Waals surface area contributed by atoms with Gasteiger partial charge in [0.15, 0.2) is 17.6 Å². The first kappa shape index (κ1) is 14.7. The summed E-state index contributed by atoms with van der Waals surface area (Å²) in [5, 5.41) is 27.5. The molecule has 0 radical (unpaired) electrons. The molecule has 3 N–H and O–H groups in total. The van der Waals surface area contributed by atoms with E-state index in [-0.39, 0.29) is 27.1 Å². The highest BCUT2D eigenvalue weighted by atomic mass is 35.5. The molecule has 0 saturated carbocycles. The number of halogens is 2. The Bertz CT molecular complexity index is 457. The largest absolute Gasteiger partial charge is 0.502 e. The fourth-order valence-corrected chi connectivity index (χ4v) is 2.17. The van der Waals surface area contributed by atoms with Crippen LogP contribution in [0.25, 0.3) is 0 Å². The van der Waals surface area contributed by atoms with Crippen molar-refractivity contribution in [2.75, 3.05) is 14.2 Å². The molecule has 0 bridgehead atoms. The van der Waals surface area contributed by atoms with Crippen molar-refractivity contribution < 1.29 is 29.6 Å².